The van der Waals surface area contributed by atoms with E-state index in [-0.39, 0.29) is 31.1 Å². The van der Waals surface area contributed by atoms with Gasteiger partial charge in [0.2, 0.25) is 5.91 Å². The number of methoxy groups -OCH3 is 1. The first kappa shape index (κ1) is 18.5. The van der Waals surface area contributed by atoms with Crippen LogP contribution in [-0.2, 0) is 9.59 Å². The minimum atomic E-state index is -0.779. The molecule has 2 fully saturated rings. The molecule has 1 aromatic rings. The predicted octanol–water partition coefficient (Wildman–Crippen LogP) is 1.55. The zero-order valence-electron chi connectivity index (χ0n) is 15.1. The summed E-state index contributed by atoms with van der Waals surface area (Å²) in [6.07, 6.45) is 4.05. The molecule has 7 heteroatoms. The van der Waals surface area contributed by atoms with Crippen LogP contribution in [0, 0.1) is 5.92 Å². The highest BCUT2D eigenvalue weighted by Crippen LogP contribution is 2.33. The Balaban J connectivity index is 1.40. The maximum Gasteiger partial charge on any atom is 0.317 e. The van der Waals surface area contributed by atoms with Crippen LogP contribution in [0.5, 0.6) is 5.75 Å². The average Bonchev–Trinajstić information content (AvgIpc) is 3.39. The van der Waals surface area contributed by atoms with Crippen molar-refractivity contribution in [3.63, 3.8) is 0 Å². The molecule has 1 aromatic carbocycles. The standard InChI is InChI=1S/C19H27N3O4/c1-26-17-5-3-2-4-16(17)20-10-18(23)21-14-8-15(9-14)22(12-19(24)25)11-13-6-7-13/h2-5,13-15,20H,6-12H2,1H3,(H,21,23)(H,24,25). The number of rotatable bonds is 10. The highest BCUT2D eigenvalue weighted by atomic mass is 16.5. The van der Waals surface area contributed by atoms with E-state index in [1.807, 2.05) is 24.3 Å². The van der Waals surface area contributed by atoms with Gasteiger partial charge in [0, 0.05) is 18.6 Å². The van der Waals surface area contributed by atoms with Gasteiger partial charge in [0.1, 0.15) is 5.75 Å². The third kappa shape index (κ3) is 5.11. The molecule has 0 aromatic heterocycles. The van der Waals surface area contributed by atoms with Crippen molar-refractivity contribution in [2.75, 3.05) is 32.1 Å². The molecule has 2 aliphatic carbocycles. The molecule has 0 bridgehead atoms. The molecule has 26 heavy (non-hydrogen) atoms. The first-order chi connectivity index (χ1) is 12.5. The first-order valence-corrected chi connectivity index (χ1v) is 9.17. The molecule has 0 spiro atoms. The van der Waals surface area contributed by atoms with E-state index in [9.17, 15) is 9.59 Å². The van der Waals surface area contributed by atoms with Crippen molar-refractivity contribution in [1.82, 2.24) is 10.2 Å². The van der Waals surface area contributed by atoms with E-state index in [2.05, 4.69) is 15.5 Å². The van der Waals surface area contributed by atoms with E-state index >= 15 is 0 Å². The Kier molecular flexibility index (Phi) is 5.98. The number of carboxylic acids is 1. The maximum atomic E-state index is 12.1. The van der Waals surface area contributed by atoms with Gasteiger partial charge in [-0.1, -0.05) is 12.1 Å². The lowest BCUT2D eigenvalue weighted by molar-refractivity contribution is -0.140. The summed E-state index contributed by atoms with van der Waals surface area (Å²) in [5.74, 6) is 0.520. The summed E-state index contributed by atoms with van der Waals surface area (Å²) in [5.41, 5.74) is 0.786. The fraction of sp³-hybridized carbons (Fsp3) is 0.579. The summed E-state index contributed by atoms with van der Waals surface area (Å²) in [4.78, 5) is 25.3. The number of amides is 1. The molecule has 2 saturated carbocycles. The van der Waals surface area contributed by atoms with Crippen LogP contribution >= 0.6 is 0 Å². The maximum absolute atomic E-state index is 12.1. The highest BCUT2D eigenvalue weighted by molar-refractivity contribution is 5.81. The third-order valence-electron chi connectivity index (χ3n) is 5.07. The molecule has 3 N–H and O–H groups in total. The quantitative estimate of drug-likeness (QED) is 0.586. The Hall–Kier alpha value is -2.28. The number of carbonyl (C=O) groups is 2. The second kappa shape index (κ2) is 8.40. The minimum absolute atomic E-state index is 0.0636. The number of anilines is 1. The summed E-state index contributed by atoms with van der Waals surface area (Å²) in [7, 11) is 1.60. The van der Waals surface area contributed by atoms with Gasteiger partial charge < -0.3 is 20.5 Å². The number of carboxylic acid groups (broad SMARTS) is 1. The normalized spacial score (nSPS) is 21.8. The fourth-order valence-electron chi connectivity index (χ4n) is 3.40. The van der Waals surface area contributed by atoms with E-state index in [1.54, 1.807) is 7.11 Å². The molecule has 1 amide bonds. The zero-order valence-corrected chi connectivity index (χ0v) is 15.1. The summed E-state index contributed by atoms with van der Waals surface area (Å²) >= 11 is 0. The van der Waals surface area contributed by atoms with E-state index in [4.69, 9.17) is 9.84 Å². The van der Waals surface area contributed by atoms with Gasteiger partial charge in [-0.25, -0.2) is 0 Å². The van der Waals surface area contributed by atoms with Crippen LogP contribution in [0.25, 0.3) is 0 Å². The van der Waals surface area contributed by atoms with Crippen LogP contribution in [0.1, 0.15) is 25.7 Å². The molecule has 0 heterocycles. The number of benzene rings is 1. The van der Waals surface area contributed by atoms with Crippen molar-refractivity contribution in [3.8, 4) is 5.75 Å². The molecule has 2 aliphatic rings. The van der Waals surface area contributed by atoms with Crippen LogP contribution in [0.4, 0.5) is 5.69 Å². The fourth-order valence-corrected chi connectivity index (χ4v) is 3.40. The van der Waals surface area contributed by atoms with Crippen LogP contribution in [0.2, 0.25) is 0 Å². The highest BCUT2D eigenvalue weighted by Gasteiger charge is 2.37. The zero-order chi connectivity index (χ0) is 18.5. The van der Waals surface area contributed by atoms with Crippen LogP contribution in [0.15, 0.2) is 24.3 Å². The molecular weight excluding hydrogens is 334 g/mol. The lowest BCUT2D eigenvalue weighted by Gasteiger charge is -2.42. The molecule has 0 atom stereocenters. The van der Waals surface area contributed by atoms with Gasteiger partial charge in [-0.05, 0) is 43.7 Å². The molecule has 0 saturated heterocycles. The van der Waals surface area contributed by atoms with Gasteiger partial charge in [0.25, 0.3) is 0 Å². The van der Waals surface area contributed by atoms with Crippen molar-refractivity contribution >= 4 is 17.6 Å². The molecule has 0 unspecified atom stereocenters. The van der Waals surface area contributed by atoms with E-state index < -0.39 is 5.97 Å². The summed E-state index contributed by atoms with van der Waals surface area (Å²) < 4.78 is 5.25. The molecule has 3 rings (SSSR count). The molecule has 0 radical (unpaired) electrons. The first-order valence-electron chi connectivity index (χ1n) is 9.17. The van der Waals surface area contributed by atoms with Crippen molar-refractivity contribution < 1.29 is 19.4 Å². The van der Waals surface area contributed by atoms with Gasteiger partial charge in [0.15, 0.2) is 0 Å². The van der Waals surface area contributed by atoms with E-state index in [0.717, 1.165) is 25.1 Å². The Labute approximate surface area is 153 Å². The van der Waals surface area contributed by atoms with E-state index in [1.165, 1.54) is 12.8 Å². The number of hydrogen-bond acceptors (Lipinski definition) is 5. The van der Waals surface area contributed by atoms with Gasteiger partial charge in [-0.3, -0.25) is 14.5 Å². The number of aliphatic carboxylic acids is 1. The predicted molar refractivity (Wildman–Crippen MR) is 98.4 cm³/mol. The average molecular weight is 361 g/mol. The van der Waals surface area contributed by atoms with Gasteiger partial charge in [-0.2, -0.15) is 0 Å². The summed E-state index contributed by atoms with van der Waals surface area (Å²) in [5, 5.41) is 15.2. The lowest BCUT2D eigenvalue weighted by atomic mass is 9.85. The number of ether oxygens (including phenoxy) is 1. The molecular formula is C19H27N3O4. The summed E-state index contributed by atoms with van der Waals surface area (Å²) in [6.45, 7) is 1.15. The smallest absolute Gasteiger partial charge is 0.317 e. The van der Waals surface area contributed by atoms with Crippen molar-refractivity contribution in [3.05, 3.63) is 24.3 Å². The van der Waals surface area contributed by atoms with Gasteiger partial charge >= 0.3 is 5.97 Å². The van der Waals surface area contributed by atoms with Gasteiger partial charge in [0.05, 0.1) is 25.9 Å². The van der Waals surface area contributed by atoms with Crippen LogP contribution < -0.4 is 15.4 Å². The Morgan fingerprint density at radius 3 is 2.65 bits per heavy atom. The lowest BCUT2D eigenvalue weighted by Crippen LogP contribution is -2.55. The number of nitrogens with one attached hydrogen (secondary N) is 2. The van der Waals surface area contributed by atoms with Crippen molar-refractivity contribution in [1.29, 1.82) is 0 Å². The Bertz CT molecular complexity index is 641. The number of hydrogen-bond donors (Lipinski definition) is 3. The van der Waals surface area contributed by atoms with Crippen LogP contribution in [-0.4, -0.2) is 60.7 Å². The summed E-state index contributed by atoms with van der Waals surface area (Å²) in [6, 6.07) is 7.86. The monoisotopic (exact) mass is 361 g/mol. The van der Waals surface area contributed by atoms with Crippen molar-refractivity contribution in [2.45, 2.75) is 37.8 Å². The van der Waals surface area contributed by atoms with Crippen LogP contribution in [0.3, 0.4) is 0 Å². The second-order valence-corrected chi connectivity index (χ2v) is 7.21. The largest absolute Gasteiger partial charge is 0.495 e. The van der Waals surface area contributed by atoms with Gasteiger partial charge in [-0.15, -0.1) is 0 Å². The van der Waals surface area contributed by atoms with E-state index in [0.29, 0.717) is 11.7 Å². The third-order valence-corrected chi connectivity index (χ3v) is 5.07. The van der Waals surface area contributed by atoms with Crippen molar-refractivity contribution in [2.24, 2.45) is 5.92 Å². The molecule has 0 aliphatic heterocycles. The topological polar surface area (TPSA) is 90.9 Å². The number of carbonyl (C=O) groups excluding carboxylic acids is 1. The number of para-hydroxylation sites is 2. The molecule has 142 valence electrons. The minimum Gasteiger partial charge on any atom is -0.495 e. The SMILES string of the molecule is COc1ccccc1NCC(=O)NC1CC(N(CC(=O)O)CC2CC2)C1. The molecule has 7 nitrogen and oxygen atoms in total. The Morgan fingerprint density at radius 2 is 2.00 bits per heavy atom. The Morgan fingerprint density at radius 1 is 1.27 bits per heavy atom. The number of nitrogens with zero attached hydrogens (tertiary/aromatic N) is 1. The second-order valence-electron chi connectivity index (χ2n) is 7.21.